The number of carbonyl (C=O) groups excluding carboxylic acids is 1. The fourth-order valence-electron chi connectivity index (χ4n) is 1.47. The van der Waals surface area contributed by atoms with Gasteiger partial charge in [-0.15, -0.1) is 0 Å². The molecule has 1 unspecified atom stereocenters. The molecule has 0 radical (unpaired) electrons. The van der Waals surface area contributed by atoms with Gasteiger partial charge in [-0.2, -0.15) is 11.3 Å². The van der Waals surface area contributed by atoms with Gasteiger partial charge in [0.2, 0.25) is 5.91 Å². The summed E-state index contributed by atoms with van der Waals surface area (Å²) in [5.41, 5.74) is 1.22. The monoisotopic (exact) mass is 255 g/mol. The van der Waals surface area contributed by atoms with Crippen molar-refractivity contribution in [2.45, 2.75) is 39.2 Å². The molecule has 1 aromatic rings. The molecule has 0 spiro atoms. The second-order valence-corrected chi connectivity index (χ2v) is 5.36. The van der Waals surface area contributed by atoms with Crippen molar-refractivity contribution in [3.05, 3.63) is 22.4 Å². The molecule has 0 aliphatic carbocycles. The van der Waals surface area contributed by atoms with E-state index in [-0.39, 0.29) is 17.9 Å². The van der Waals surface area contributed by atoms with Crippen LogP contribution in [0.25, 0.3) is 0 Å². The van der Waals surface area contributed by atoms with Crippen LogP contribution in [-0.4, -0.2) is 23.7 Å². The van der Waals surface area contributed by atoms with Gasteiger partial charge in [0.1, 0.15) is 0 Å². The van der Waals surface area contributed by atoms with Gasteiger partial charge >= 0.3 is 0 Å². The Hall–Kier alpha value is -0.870. The van der Waals surface area contributed by atoms with Crippen molar-refractivity contribution in [3.63, 3.8) is 0 Å². The molecule has 96 valence electrons. The number of thiophene rings is 1. The molecular weight excluding hydrogens is 234 g/mol. The van der Waals surface area contributed by atoms with E-state index in [1.54, 1.807) is 11.3 Å². The third-order valence-electron chi connectivity index (χ3n) is 2.75. The average Bonchev–Trinajstić information content (AvgIpc) is 2.78. The maximum absolute atomic E-state index is 11.5. The SMILES string of the molecule is CC(C)C(O)CCNC(=O)CCc1ccsc1. The summed E-state index contributed by atoms with van der Waals surface area (Å²) in [6, 6.07) is 2.04. The van der Waals surface area contributed by atoms with Gasteiger partial charge < -0.3 is 10.4 Å². The van der Waals surface area contributed by atoms with Crippen LogP contribution in [0.15, 0.2) is 16.8 Å². The van der Waals surface area contributed by atoms with Crippen LogP contribution in [0.4, 0.5) is 0 Å². The molecule has 3 nitrogen and oxygen atoms in total. The molecular formula is C13H21NO2S. The Morgan fingerprint density at radius 1 is 1.53 bits per heavy atom. The second kappa shape index (κ2) is 7.45. The van der Waals surface area contributed by atoms with Crippen molar-refractivity contribution in [2.75, 3.05) is 6.54 Å². The Balaban J connectivity index is 2.09. The number of aliphatic hydroxyl groups excluding tert-OH is 1. The van der Waals surface area contributed by atoms with Gasteiger partial charge in [-0.05, 0) is 41.1 Å². The molecule has 0 aliphatic rings. The van der Waals surface area contributed by atoms with E-state index in [1.807, 2.05) is 25.3 Å². The van der Waals surface area contributed by atoms with Gasteiger partial charge in [-0.3, -0.25) is 4.79 Å². The smallest absolute Gasteiger partial charge is 0.220 e. The van der Waals surface area contributed by atoms with Gasteiger partial charge in [-0.25, -0.2) is 0 Å². The summed E-state index contributed by atoms with van der Waals surface area (Å²) < 4.78 is 0. The number of nitrogens with one attached hydrogen (secondary N) is 1. The average molecular weight is 255 g/mol. The van der Waals surface area contributed by atoms with E-state index in [0.29, 0.717) is 19.4 Å². The fourth-order valence-corrected chi connectivity index (χ4v) is 2.18. The van der Waals surface area contributed by atoms with Crippen LogP contribution in [-0.2, 0) is 11.2 Å². The van der Waals surface area contributed by atoms with Crippen LogP contribution < -0.4 is 5.32 Å². The molecule has 2 N–H and O–H groups in total. The van der Waals surface area contributed by atoms with Crippen molar-refractivity contribution in [3.8, 4) is 0 Å². The number of aryl methyl sites for hydroxylation is 1. The molecule has 0 saturated carbocycles. The molecule has 1 atom stereocenters. The summed E-state index contributed by atoms with van der Waals surface area (Å²) in [6.45, 7) is 4.51. The number of rotatable bonds is 7. The molecule has 0 saturated heterocycles. The van der Waals surface area contributed by atoms with E-state index in [4.69, 9.17) is 0 Å². The minimum absolute atomic E-state index is 0.0622. The first-order valence-corrected chi connectivity index (χ1v) is 6.99. The standard InChI is InChI=1S/C13H21NO2S/c1-10(2)12(15)5-7-14-13(16)4-3-11-6-8-17-9-11/h6,8-10,12,15H,3-5,7H2,1-2H3,(H,14,16). The van der Waals surface area contributed by atoms with Crippen molar-refractivity contribution >= 4 is 17.2 Å². The normalized spacial score (nSPS) is 12.7. The number of hydrogen-bond donors (Lipinski definition) is 2. The van der Waals surface area contributed by atoms with Crippen LogP contribution in [0.5, 0.6) is 0 Å². The van der Waals surface area contributed by atoms with Crippen molar-refractivity contribution in [2.24, 2.45) is 5.92 Å². The van der Waals surface area contributed by atoms with Gasteiger partial charge in [0.25, 0.3) is 0 Å². The van der Waals surface area contributed by atoms with Crippen molar-refractivity contribution in [1.29, 1.82) is 0 Å². The third-order valence-corrected chi connectivity index (χ3v) is 3.48. The largest absolute Gasteiger partial charge is 0.393 e. The van der Waals surface area contributed by atoms with E-state index < -0.39 is 0 Å². The molecule has 1 amide bonds. The molecule has 0 bridgehead atoms. The quantitative estimate of drug-likeness (QED) is 0.785. The maximum atomic E-state index is 11.5. The zero-order valence-electron chi connectivity index (χ0n) is 10.5. The number of carbonyl (C=O) groups is 1. The predicted octanol–water partition coefficient (Wildman–Crippen LogP) is 2.20. The molecule has 1 heterocycles. The van der Waals surface area contributed by atoms with Crippen molar-refractivity contribution < 1.29 is 9.90 Å². The molecule has 0 aromatic carbocycles. The zero-order valence-corrected chi connectivity index (χ0v) is 11.3. The molecule has 1 rings (SSSR count). The lowest BCUT2D eigenvalue weighted by molar-refractivity contribution is -0.121. The highest BCUT2D eigenvalue weighted by Gasteiger charge is 2.09. The summed E-state index contributed by atoms with van der Waals surface area (Å²) in [6.07, 6.45) is 1.62. The molecule has 4 heteroatoms. The Morgan fingerprint density at radius 2 is 2.29 bits per heavy atom. The Morgan fingerprint density at radius 3 is 2.88 bits per heavy atom. The first kappa shape index (κ1) is 14.2. The van der Waals surface area contributed by atoms with E-state index in [9.17, 15) is 9.90 Å². The van der Waals surface area contributed by atoms with Gasteiger partial charge in [0, 0.05) is 13.0 Å². The highest BCUT2D eigenvalue weighted by molar-refractivity contribution is 7.07. The summed E-state index contributed by atoms with van der Waals surface area (Å²) in [5.74, 6) is 0.310. The highest BCUT2D eigenvalue weighted by atomic mass is 32.1. The summed E-state index contributed by atoms with van der Waals surface area (Å²) in [4.78, 5) is 11.5. The van der Waals surface area contributed by atoms with E-state index in [0.717, 1.165) is 6.42 Å². The summed E-state index contributed by atoms with van der Waals surface area (Å²) in [7, 11) is 0. The second-order valence-electron chi connectivity index (χ2n) is 4.58. The summed E-state index contributed by atoms with van der Waals surface area (Å²) in [5, 5.41) is 16.5. The molecule has 0 fully saturated rings. The minimum atomic E-state index is -0.327. The van der Waals surface area contributed by atoms with E-state index >= 15 is 0 Å². The van der Waals surface area contributed by atoms with Crippen LogP contribution in [0.1, 0.15) is 32.3 Å². The van der Waals surface area contributed by atoms with Crippen LogP contribution in [0, 0.1) is 5.92 Å². The Bertz CT molecular complexity index is 322. The molecule has 0 aliphatic heterocycles. The lowest BCUT2D eigenvalue weighted by Crippen LogP contribution is -2.28. The Labute approximate surface area is 107 Å². The summed E-state index contributed by atoms with van der Waals surface area (Å²) >= 11 is 1.65. The maximum Gasteiger partial charge on any atom is 0.220 e. The van der Waals surface area contributed by atoms with E-state index in [1.165, 1.54) is 5.56 Å². The number of aliphatic hydroxyl groups is 1. The zero-order chi connectivity index (χ0) is 12.7. The lowest BCUT2D eigenvalue weighted by atomic mass is 10.0. The molecule has 1 aromatic heterocycles. The first-order valence-electron chi connectivity index (χ1n) is 6.05. The van der Waals surface area contributed by atoms with E-state index in [2.05, 4.69) is 10.7 Å². The fraction of sp³-hybridized carbons (Fsp3) is 0.615. The number of amides is 1. The number of hydrogen-bond acceptors (Lipinski definition) is 3. The third kappa shape index (κ3) is 5.84. The molecule has 17 heavy (non-hydrogen) atoms. The minimum Gasteiger partial charge on any atom is -0.393 e. The van der Waals surface area contributed by atoms with Crippen LogP contribution >= 0.6 is 11.3 Å². The van der Waals surface area contributed by atoms with Gasteiger partial charge in [0.05, 0.1) is 6.10 Å². The van der Waals surface area contributed by atoms with Crippen LogP contribution in [0.3, 0.4) is 0 Å². The van der Waals surface area contributed by atoms with Crippen LogP contribution in [0.2, 0.25) is 0 Å². The Kier molecular flexibility index (Phi) is 6.22. The highest BCUT2D eigenvalue weighted by Crippen LogP contribution is 2.08. The van der Waals surface area contributed by atoms with Gasteiger partial charge in [-0.1, -0.05) is 13.8 Å². The lowest BCUT2D eigenvalue weighted by Gasteiger charge is -2.14. The topological polar surface area (TPSA) is 49.3 Å². The van der Waals surface area contributed by atoms with Gasteiger partial charge in [0.15, 0.2) is 0 Å². The first-order chi connectivity index (χ1) is 8.09. The predicted molar refractivity (Wildman–Crippen MR) is 71.1 cm³/mol. The van der Waals surface area contributed by atoms with Crippen molar-refractivity contribution in [1.82, 2.24) is 5.32 Å².